The molecular weight excluding hydrogens is 256 g/mol. The van der Waals surface area contributed by atoms with Crippen molar-refractivity contribution in [2.75, 3.05) is 11.4 Å². The molecule has 1 unspecified atom stereocenters. The highest BCUT2D eigenvalue weighted by molar-refractivity contribution is 5.98. The van der Waals surface area contributed by atoms with Gasteiger partial charge in [-0.2, -0.15) is 5.26 Å². The van der Waals surface area contributed by atoms with Gasteiger partial charge in [-0.25, -0.2) is 0 Å². The number of hydrogen-bond donors (Lipinski definition) is 0. The number of nitrogens with zero attached hydrogens (tertiary/aromatic N) is 2. The lowest BCUT2D eigenvalue weighted by Gasteiger charge is -2.37. The molecule has 2 heteroatoms. The molecule has 0 aliphatic carbocycles. The summed E-state index contributed by atoms with van der Waals surface area (Å²) in [6, 6.07) is 15.0. The van der Waals surface area contributed by atoms with E-state index in [2.05, 4.69) is 56.4 Å². The minimum absolute atomic E-state index is 0.214. The minimum Gasteiger partial charge on any atom is -0.367 e. The fraction of sp³-hybridized carbons (Fsp3) is 0.368. The predicted octanol–water partition coefficient (Wildman–Crippen LogP) is 4.54. The molecule has 1 saturated heterocycles. The number of rotatable bonds is 1. The number of anilines is 1. The summed E-state index contributed by atoms with van der Waals surface area (Å²) >= 11 is 0. The first-order valence-electron chi connectivity index (χ1n) is 7.54. The van der Waals surface area contributed by atoms with Crippen molar-refractivity contribution in [3.05, 3.63) is 48.4 Å². The normalized spacial score (nSPS) is 19.0. The summed E-state index contributed by atoms with van der Waals surface area (Å²) in [6.45, 7) is 7.92. The molecule has 0 aromatic heterocycles. The van der Waals surface area contributed by atoms with Crippen LogP contribution >= 0.6 is 0 Å². The average molecular weight is 277 g/mol. The van der Waals surface area contributed by atoms with E-state index in [1.165, 1.54) is 11.1 Å². The first-order valence-corrected chi connectivity index (χ1v) is 7.54. The van der Waals surface area contributed by atoms with E-state index in [-0.39, 0.29) is 5.41 Å². The summed E-state index contributed by atoms with van der Waals surface area (Å²) in [7, 11) is 0. The molecule has 2 nitrogen and oxygen atoms in total. The number of hydrogen-bond acceptors (Lipinski definition) is 2. The van der Waals surface area contributed by atoms with Gasteiger partial charge in [-0.1, -0.05) is 45.0 Å². The third-order valence-electron chi connectivity index (χ3n) is 4.31. The molecule has 0 bridgehead atoms. The smallest absolute Gasteiger partial charge is 0.0998 e. The molecule has 3 rings (SSSR count). The molecule has 1 atom stereocenters. The molecule has 0 amide bonds. The van der Waals surface area contributed by atoms with Crippen LogP contribution in [0.15, 0.2) is 36.4 Å². The molecule has 1 heterocycles. The van der Waals surface area contributed by atoms with Crippen molar-refractivity contribution in [1.29, 1.82) is 5.26 Å². The van der Waals surface area contributed by atoms with Crippen LogP contribution in [0.5, 0.6) is 0 Å². The minimum atomic E-state index is 0.214. The molecule has 107 valence electrons. The summed E-state index contributed by atoms with van der Waals surface area (Å²) in [5.74, 6) is 0. The number of fused-ring (bicyclic) bond motifs is 1. The van der Waals surface area contributed by atoms with E-state index in [4.69, 9.17) is 0 Å². The first kappa shape index (κ1) is 13.9. The number of nitriles is 1. The topological polar surface area (TPSA) is 27.0 Å². The second kappa shape index (κ2) is 5.07. The van der Waals surface area contributed by atoms with Crippen LogP contribution in [0.1, 0.15) is 32.8 Å². The molecule has 2 aromatic carbocycles. The molecule has 1 aliphatic rings. The summed E-state index contributed by atoms with van der Waals surface area (Å²) < 4.78 is 0. The van der Waals surface area contributed by atoms with Gasteiger partial charge in [0.05, 0.1) is 11.6 Å². The maximum atomic E-state index is 9.30. The Kier molecular flexibility index (Phi) is 3.37. The highest BCUT2D eigenvalue weighted by atomic mass is 15.2. The Morgan fingerprint density at radius 2 is 1.81 bits per heavy atom. The molecule has 0 N–H and O–H groups in total. The van der Waals surface area contributed by atoms with Crippen LogP contribution in [-0.2, 0) is 0 Å². The largest absolute Gasteiger partial charge is 0.367 e. The molecule has 2 aromatic rings. The van der Waals surface area contributed by atoms with Gasteiger partial charge in [0.25, 0.3) is 0 Å². The highest BCUT2D eigenvalue weighted by Gasteiger charge is 2.35. The van der Waals surface area contributed by atoms with E-state index >= 15 is 0 Å². The Labute approximate surface area is 127 Å². The van der Waals surface area contributed by atoms with Crippen LogP contribution in [-0.4, -0.2) is 12.6 Å². The van der Waals surface area contributed by atoms with E-state index < -0.39 is 0 Å². The van der Waals surface area contributed by atoms with E-state index in [0.29, 0.717) is 6.04 Å². The van der Waals surface area contributed by atoms with Gasteiger partial charge >= 0.3 is 0 Å². The van der Waals surface area contributed by atoms with Crippen LogP contribution < -0.4 is 4.90 Å². The molecule has 21 heavy (non-hydrogen) atoms. The van der Waals surface area contributed by atoms with Gasteiger partial charge in [0.15, 0.2) is 0 Å². The van der Waals surface area contributed by atoms with Gasteiger partial charge < -0.3 is 4.90 Å². The Balaban J connectivity index is 2.16. The third-order valence-corrected chi connectivity index (χ3v) is 4.31. The van der Waals surface area contributed by atoms with Crippen LogP contribution in [0.4, 0.5) is 5.69 Å². The van der Waals surface area contributed by atoms with Crippen LogP contribution in [0.25, 0.3) is 10.8 Å². The maximum Gasteiger partial charge on any atom is 0.0998 e. The molecule has 1 aliphatic heterocycles. The van der Waals surface area contributed by atoms with Gasteiger partial charge in [-0.15, -0.1) is 0 Å². The monoisotopic (exact) mass is 277 g/mol. The van der Waals surface area contributed by atoms with E-state index in [1.807, 2.05) is 18.2 Å². The van der Waals surface area contributed by atoms with Crippen molar-refractivity contribution in [2.45, 2.75) is 33.2 Å². The maximum absolute atomic E-state index is 9.30. The summed E-state index contributed by atoms with van der Waals surface area (Å²) in [4.78, 5) is 2.49. The van der Waals surface area contributed by atoms with Crippen LogP contribution in [0.2, 0.25) is 0 Å². The zero-order valence-corrected chi connectivity index (χ0v) is 12.9. The lowest BCUT2D eigenvalue weighted by atomic mass is 9.85. The van der Waals surface area contributed by atoms with E-state index in [1.54, 1.807) is 0 Å². The predicted molar refractivity (Wildman–Crippen MR) is 88.2 cm³/mol. The second-order valence-corrected chi connectivity index (χ2v) is 6.82. The Morgan fingerprint density at radius 1 is 1.10 bits per heavy atom. The summed E-state index contributed by atoms with van der Waals surface area (Å²) in [5, 5.41) is 11.5. The first-order chi connectivity index (χ1) is 10.0. The number of benzene rings is 2. The van der Waals surface area contributed by atoms with Crippen molar-refractivity contribution in [3.63, 3.8) is 0 Å². The van der Waals surface area contributed by atoms with Gasteiger partial charge in [0, 0.05) is 29.0 Å². The third kappa shape index (κ3) is 2.38. The molecule has 0 saturated carbocycles. The van der Waals surface area contributed by atoms with E-state index in [0.717, 1.165) is 23.9 Å². The Morgan fingerprint density at radius 3 is 2.48 bits per heavy atom. The zero-order valence-electron chi connectivity index (χ0n) is 12.9. The van der Waals surface area contributed by atoms with Gasteiger partial charge in [-0.05, 0) is 30.4 Å². The SMILES string of the molecule is CC(C)(C)C1[CH]CCN1c1ccc(C#N)c2ccccc12. The standard InChI is InChI=1S/C19H21N2/c1-19(2,3)18-9-6-12-21(18)17-11-10-14(13-20)15-7-4-5-8-16(15)17/h4-5,7-11,18H,6,12H2,1-3H3. The quantitative estimate of drug-likeness (QED) is 0.765. The Hall–Kier alpha value is -2.01. The second-order valence-electron chi connectivity index (χ2n) is 6.82. The lowest BCUT2D eigenvalue weighted by molar-refractivity contribution is 0.352. The van der Waals surface area contributed by atoms with Crippen molar-refractivity contribution in [1.82, 2.24) is 0 Å². The zero-order chi connectivity index (χ0) is 15.0. The molecule has 0 spiro atoms. The van der Waals surface area contributed by atoms with E-state index in [9.17, 15) is 5.26 Å². The van der Waals surface area contributed by atoms with Crippen molar-refractivity contribution < 1.29 is 0 Å². The Bertz CT molecular complexity index is 704. The average Bonchev–Trinajstić information content (AvgIpc) is 2.95. The molecular formula is C19H21N2. The fourth-order valence-corrected chi connectivity index (χ4v) is 3.36. The summed E-state index contributed by atoms with van der Waals surface area (Å²) in [5.41, 5.74) is 2.22. The van der Waals surface area contributed by atoms with Crippen molar-refractivity contribution in [2.24, 2.45) is 5.41 Å². The summed E-state index contributed by atoms with van der Waals surface area (Å²) in [6.07, 6.45) is 3.54. The highest BCUT2D eigenvalue weighted by Crippen LogP contribution is 2.39. The van der Waals surface area contributed by atoms with Crippen LogP contribution in [0.3, 0.4) is 0 Å². The molecule has 1 radical (unpaired) electrons. The van der Waals surface area contributed by atoms with Gasteiger partial charge in [0.1, 0.15) is 0 Å². The van der Waals surface area contributed by atoms with Crippen molar-refractivity contribution in [3.8, 4) is 6.07 Å². The fourth-order valence-electron chi connectivity index (χ4n) is 3.36. The molecule has 1 fully saturated rings. The van der Waals surface area contributed by atoms with Crippen LogP contribution in [0, 0.1) is 23.2 Å². The van der Waals surface area contributed by atoms with Gasteiger partial charge in [0.2, 0.25) is 0 Å². The lowest BCUT2D eigenvalue weighted by Crippen LogP contribution is -2.39. The van der Waals surface area contributed by atoms with Gasteiger partial charge in [-0.3, -0.25) is 0 Å². The van der Waals surface area contributed by atoms with Crippen molar-refractivity contribution >= 4 is 16.5 Å².